The van der Waals surface area contributed by atoms with Crippen LogP contribution in [0.15, 0.2) is 71.8 Å². The first-order valence-electron chi connectivity index (χ1n) is 8.81. The molecule has 1 amide bonds. The zero-order chi connectivity index (χ0) is 20.5. The summed E-state index contributed by atoms with van der Waals surface area (Å²) in [4.78, 5) is 17.5. The summed E-state index contributed by atoms with van der Waals surface area (Å²) in [6, 6.07) is 15.6. The molecule has 0 saturated carbocycles. The van der Waals surface area contributed by atoms with Gasteiger partial charge in [-0.3, -0.25) is 4.79 Å². The highest BCUT2D eigenvalue weighted by Gasteiger charge is 2.24. The summed E-state index contributed by atoms with van der Waals surface area (Å²) < 4.78 is 7.95. The first kappa shape index (κ1) is 20.2. The van der Waals surface area contributed by atoms with Crippen LogP contribution in [0.25, 0.3) is 17.4 Å². The molecule has 29 heavy (non-hydrogen) atoms. The van der Waals surface area contributed by atoms with E-state index in [-0.39, 0.29) is 5.91 Å². The number of aliphatic imine (C=N–C) groups is 1. The standard InChI is InChI=1S/C22H16Br2N2O2S/c1-12-8-16(9-13(2)20(12)24)25-22-26-21(27)19(29-22)11-17-6-7-18(28-17)14-4-3-5-15(23)10-14/h3-11H,1-2H3,(H,25,26,27)/b19-11-. The lowest BCUT2D eigenvalue weighted by molar-refractivity contribution is -0.115. The minimum absolute atomic E-state index is 0.181. The van der Waals surface area contributed by atoms with Gasteiger partial charge in [0.15, 0.2) is 5.17 Å². The third kappa shape index (κ3) is 4.57. The van der Waals surface area contributed by atoms with Crippen molar-refractivity contribution in [3.8, 4) is 11.3 Å². The molecule has 7 heteroatoms. The van der Waals surface area contributed by atoms with Crippen molar-refractivity contribution in [2.24, 2.45) is 4.99 Å². The molecule has 146 valence electrons. The van der Waals surface area contributed by atoms with Gasteiger partial charge in [0.1, 0.15) is 11.5 Å². The van der Waals surface area contributed by atoms with Crippen LogP contribution in [-0.4, -0.2) is 11.1 Å². The van der Waals surface area contributed by atoms with Crippen LogP contribution in [0.5, 0.6) is 0 Å². The molecule has 2 heterocycles. The van der Waals surface area contributed by atoms with Gasteiger partial charge in [0.05, 0.1) is 10.6 Å². The third-order valence-electron chi connectivity index (χ3n) is 4.31. The number of carbonyl (C=O) groups is 1. The summed E-state index contributed by atoms with van der Waals surface area (Å²) in [5.74, 6) is 1.19. The topological polar surface area (TPSA) is 54.6 Å². The number of nitrogens with one attached hydrogen (secondary N) is 1. The zero-order valence-corrected chi connectivity index (χ0v) is 19.6. The summed E-state index contributed by atoms with van der Waals surface area (Å²) >= 11 is 8.33. The number of amides is 1. The van der Waals surface area contributed by atoms with Crippen LogP contribution < -0.4 is 5.32 Å². The lowest BCUT2D eigenvalue weighted by Gasteiger charge is -2.04. The van der Waals surface area contributed by atoms with Gasteiger partial charge >= 0.3 is 0 Å². The van der Waals surface area contributed by atoms with Gasteiger partial charge in [-0.05, 0) is 73.1 Å². The second-order valence-electron chi connectivity index (χ2n) is 6.59. The molecule has 0 spiro atoms. The summed E-state index contributed by atoms with van der Waals surface area (Å²) in [5.41, 5.74) is 3.98. The Labute approximate surface area is 189 Å². The van der Waals surface area contributed by atoms with Gasteiger partial charge in [-0.15, -0.1) is 0 Å². The largest absolute Gasteiger partial charge is 0.457 e. The van der Waals surface area contributed by atoms with Crippen molar-refractivity contribution in [1.82, 2.24) is 5.32 Å². The molecule has 3 aromatic rings. The zero-order valence-electron chi connectivity index (χ0n) is 15.6. The quantitative estimate of drug-likeness (QED) is 0.371. The first-order chi connectivity index (χ1) is 13.9. The molecule has 1 aromatic heterocycles. The van der Waals surface area contributed by atoms with Gasteiger partial charge in [-0.2, -0.15) is 0 Å². The number of carbonyl (C=O) groups excluding carboxylic acids is 1. The summed E-state index contributed by atoms with van der Waals surface area (Å²) in [5, 5.41) is 3.37. The molecule has 1 saturated heterocycles. The number of hydrogen-bond acceptors (Lipinski definition) is 4. The molecule has 0 aliphatic carbocycles. The number of nitrogens with zero attached hydrogens (tertiary/aromatic N) is 1. The van der Waals surface area contributed by atoms with Gasteiger partial charge in [0, 0.05) is 20.6 Å². The number of furan rings is 1. The third-order valence-corrected chi connectivity index (χ3v) is 6.97. The van der Waals surface area contributed by atoms with E-state index >= 15 is 0 Å². The average molecular weight is 532 g/mol. The number of thioether (sulfide) groups is 1. The van der Waals surface area contributed by atoms with Crippen molar-refractivity contribution in [2.45, 2.75) is 13.8 Å². The Morgan fingerprint density at radius 1 is 1.07 bits per heavy atom. The molecule has 1 aliphatic rings. The predicted octanol–water partition coefficient (Wildman–Crippen LogP) is 6.98. The van der Waals surface area contributed by atoms with Crippen molar-refractivity contribution in [1.29, 1.82) is 0 Å². The molecule has 1 N–H and O–H groups in total. The minimum atomic E-state index is -0.181. The number of rotatable bonds is 3. The maximum absolute atomic E-state index is 12.4. The highest BCUT2D eigenvalue weighted by Crippen LogP contribution is 2.32. The minimum Gasteiger partial charge on any atom is -0.457 e. The second kappa shape index (κ2) is 8.34. The van der Waals surface area contributed by atoms with Crippen molar-refractivity contribution >= 4 is 66.5 Å². The summed E-state index contributed by atoms with van der Waals surface area (Å²) in [6.07, 6.45) is 1.74. The van der Waals surface area contributed by atoms with Crippen molar-refractivity contribution in [3.05, 3.63) is 79.3 Å². The van der Waals surface area contributed by atoms with Gasteiger partial charge in [0.2, 0.25) is 0 Å². The Morgan fingerprint density at radius 3 is 2.55 bits per heavy atom. The Balaban J connectivity index is 1.56. The van der Waals surface area contributed by atoms with Crippen LogP contribution in [0.4, 0.5) is 5.69 Å². The fourth-order valence-electron chi connectivity index (χ4n) is 2.94. The molecule has 1 aliphatic heterocycles. The fourth-order valence-corrected chi connectivity index (χ4v) is 4.39. The molecule has 4 rings (SSSR count). The Hall–Kier alpha value is -2.09. The highest BCUT2D eigenvalue weighted by atomic mass is 79.9. The lowest BCUT2D eigenvalue weighted by Crippen LogP contribution is -2.19. The number of halogens is 2. The van der Waals surface area contributed by atoms with E-state index in [1.807, 2.05) is 62.4 Å². The normalized spacial score (nSPS) is 16.6. The fraction of sp³-hybridized carbons (Fsp3) is 0.0909. The smallest absolute Gasteiger partial charge is 0.264 e. The monoisotopic (exact) mass is 530 g/mol. The Kier molecular flexibility index (Phi) is 5.81. The van der Waals surface area contributed by atoms with E-state index in [1.165, 1.54) is 11.8 Å². The Bertz CT molecular complexity index is 1160. The van der Waals surface area contributed by atoms with E-state index < -0.39 is 0 Å². The maximum atomic E-state index is 12.4. The van der Waals surface area contributed by atoms with Gasteiger partial charge in [-0.1, -0.05) is 44.0 Å². The van der Waals surface area contributed by atoms with E-state index in [4.69, 9.17) is 4.42 Å². The molecule has 2 aromatic carbocycles. The summed E-state index contributed by atoms with van der Waals surface area (Å²) in [7, 11) is 0. The molecule has 0 bridgehead atoms. The van der Waals surface area contributed by atoms with Crippen LogP contribution in [0, 0.1) is 13.8 Å². The van der Waals surface area contributed by atoms with Crippen LogP contribution in [0.1, 0.15) is 16.9 Å². The van der Waals surface area contributed by atoms with Crippen molar-refractivity contribution in [3.63, 3.8) is 0 Å². The van der Waals surface area contributed by atoms with Gasteiger partial charge in [-0.25, -0.2) is 4.99 Å². The molecule has 0 unspecified atom stereocenters. The second-order valence-corrected chi connectivity index (χ2v) is 9.33. The van der Waals surface area contributed by atoms with Crippen LogP contribution in [-0.2, 0) is 4.79 Å². The molecule has 4 nitrogen and oxygen atoms in total. The van der Waals surface area contributed by atoms with E-state index in [2.05, 4.69) is 42.2 Å². The van der Waals surface area contributed by atoms with Crippen LogP contribution >= 0.6 is 43.6 Å². The van der Waals surface area contributed by atoms with E-state index in [9.17, 15) is 4.79 Å². The lowest BCUT2D eigenvalue weighted by atomic mass is 10.1. The number of amidine groups is 1. The molecule has 0 atom stereocenters. The van der Waals surface area contributed by atoms with Crippen LogP contribution in [0.2, 0.25) is 0 Å². The Morgan fingerprint density at radius 2 is 1.83 bits per heavy atom. The maximum Gasteiger partial charge on any atom is 0.264 e. The molecular formula is C22H16Br2N2O2S. The highest BCUT2D eigenvalue weighted by molar-refractivity contribution is 9.10. The molecule has 0 radical (unpaired) electrons. The SMILES string of the molecule is Cc1cc(N=C2NC(=O)/C(=C/c3ccc(-c4cccc(Br)c4)o3)S2)cc(C)c1Br. The van der Waals surface area contributed by atoms with Crippen LogP contribution in [0.3, 0.4) is 0 Å². The van der Waals surface area contributed by atoms with E-state index in [1.54, 1.807) is 6.08 Å². The number of hydrogen-bond donors (Lipinski definition) is 1. The van der Waals surface area contributed by atoms with E-state index in [0.717, 1.165) is 37.1 Å². The first-order valence-corrected chi connectivity index (χ1v) is 11.2. The van der Waals surface area contributed by atoms with Crippen molar-refractivity contribution < 1.29 is 9.21 Å². The molecule has 1 fully saturated rings. The number of benzene rings is 2. The van der Waals surface area contributed by atoms with Gasteiger partial charge in [0.25, 0.3) is 5.91 Å². The van der Waals surface area contributed by atoms with E-state index in [0.29, 0.717) is 15.8 Å². The summed E-state index contributed by atoms with van der Waals surface area (Å²) in [6.45, 7) is 4.04. The average Bonchev–Trinajstić information content (AvgIpc) is 3.27. The van der Waals surface area contributed by atoms with Crippen molar-refractivity contribution in [2.75, 3.05) is 0 Å². The predicted molar refractivity (Wildman–Crippen MR) is 126 cm³/mol. The molecular weight excluding hydrogens is 516 g/mol. The van der Waals surface area contributed by atoms with Gasteiger partial charge < -0.3 is 9.73 Å². The number of aryl methyl sites for hydroxylation is 2.